The van der Waals surface area contributed by atoms with Gasteiger partial charge in [0.2, 0.25) is 5.91 Å². The van der Waals surface area contributed by atoms with Gasteiger partial charge in [0.05, 0.1) is 24.2 Å². The minimum Gasteiger partial charge on any atom is -0.497 e. The first-order valence-corrected chi connectivity index (χ1v) is 7.59. The molecule has 1 aromatic rings. The predicted molar refractivity (Wildman–Crippen MR) is 80.8 cm³/mol. The van der Waals surface area contributed by atoms with E-state index in [-0.39, 0.29) is 5.91 Å². The van der Waals surface area contributed by atoms with E-state index in [0.29, 0.717) is 28.1 Å². The molecule has 0 radical (unpaired) electrons. The van der Waals surface area contributed by atoms with E-state index in [1.807, 2.05) is 0 Å². The lowest BCUT2D eigenvalue weighted by Gasteiger charge is -2.11. The molecule has 0 saturated heterocycles. The van der Waals surface area contributed by atoms with E-state index in [9.17, 15) is 4.79 Å². The van der Waals surface area contributed by atoms with Gasteiger partial charge in [-0.3, -0.25) is 4.79 Å². The average molecular weight is 280 g/mol. The number of benzene rings is 1. The van der Waals surface area contributed by atoms with Gasteiger partial charge < -0.3 is 15.8 Å². The molecule has 0 heterocycles. The number of carbonyl (C=O) groups is 1. The van der Waals surface area contributed by atoms with Crippen LogP contribution >= 0.6 is 11.8 Å². The summed E-state index contributed by atoms with van der Waals surface area (Å²) >= 11 is 1.75. The van der Waals surface area contributed by atoms with Crippen LogP contribution in [0.15, 0.2) is 18.2 Å². The molecule has 0 atom stereocenters. The van der Waals surface area contributed by atoms with Crippen LogP contribution in [0.25, 0.3) is 0 Å². The maximum absolute atomic E-state index is 11.9. The second kappa shape index (κ2) is 6.70. The summed E-state index contributed by atoms with van der Waals surface area (Å²) in [5.74, 6) is 1.19. The summed E-state index contributed by atoms with van der Waals surface area (Å²) in [5.41, 5.74) is 7.04. The number of thioether (sulfide) groups is 1. The number of nitrogens with one attached hydrogen (secondary N) is 1. The van der Waals surface area contributed by atoms with Crippen LogP contribution in [0.5, 0.6) is 5.75 Å². The van der Waals surface area contributed by atoms with Gasteiger partial charge in [0.1, 0.15) is 5.75 Å². The molecular formula is C14H20N2O2S. The molecule has 0 spiro atoms. The summed E-state index contributed by atoms with van der Waals surface area (Å²) in [4.78, 5) is 11.9. The molecule has 1 saturated carbocycles. The molecule has 0 unspecified atom stereocenters. The third kappa shape index (κ3) is 4.06. The van der Waals surface area contributed by atoms with Crippen LogP contribution in [0.2, 0.25) is 0 Å². The molecule has 1 aliphatic carbocycles. The number of ether oxygens (including phenoxy) is 1. The van der Waals surface area contributed by atoms with Crippen molar-refractivity contribution in [1.29, 1.82) is 0 Å². The molecule has 0 aliphatic heterocycles. The van der Waals surface area contributed by atoms with Gasteiger partial charge in [0, 0.05) is 11.3 Å². The third-order valence-electron chi connectivity index (χ3n) is 3.29. The van der Waals surface area contributed by atoms with Crippen LogP contribution in [0.3, 0.4) is 0 Å². The Bertz CT molecular complexity index is 445. The standard InChI is InChI=1S/C14H20N2O2S/c1-18-10-6-7-13(12(15)8-10)16-14(17)9-19-11-4-2-3-5-11/h6-8,11H,2-5,9,15H2,1H3,(H,16,17). The molecule has 1 amide bonds. The Morgan fingerprint density at radius 3 is 2.84 bits per heavy atom. The Labute approximate surface area is 118 Å². The van der Waals surface area contributed by atoms with Crippen molar-refractivity contribution in [2.75, 3.05) is 23.9 Å². The predicted octanol–water partition coefficient (Wildman–Crippen LogP) is 2.89. The van der Waals surface area contributed by atoms with Gasteiger partial charge in [-0.1, -0.05) is 12.8 Å². The minimum absolute atomic E-state index is 0.00812. The van der Waals surface area contributed by atoms with Gasteiger partial charge in [0.25, 0.3) is 0 Å². The Morgan fingerprint density at radius 1 is 1.47 bits per heavy atom. The highest BCUT2D eigenvalue weighted by Crippen LogP contribution is 2.29. The minimum atomic E-state index is 0.00812. The number of hydrogen-bond acceptors (Lipinski definition) is 4. The molecule has 4 nitrogen and oxygen atoms in total. The lowest BCUT2D eigenvalue weighted by molar-refractivity contribution is -0.113. The zero-order chi connectivity index (χ0) is 13.7. The van der Waals surface area contributed by atoms with E-state index in [4.69, 9.17) is 10.5 Å². The second-order valence-electron chi connectivity index (χ2n) is 4.72. The van der Waals surface area contributed by atoms with Crippen molar-refractivity contribution in [3.63, 3.8) is 0 Å². The number of hydrogen-bond donors (Lipinski definition) is 2. The van der Waals surface area contributed by atoms with E-state index in [1.165, 1.54) is 25.7 Å². The summed E-state index contributed by atoms with van der Waals surface area (Å²) < 4.78 is 5.07. The molecule has 3 N–H and O–H groups in total. The SMILES string of the molecule is COc1ccc(NC(=O)CSC2CCCC2)c(N)c1. The highest BCUT2D eigenvalue weighted by molar-refractivity contribution is 8.00. The summed E-state index contributed by atoms with van der Waals surface area (Å²) in [7, 11) is 1.59. The lowest BCUT2D eigenvalue weighted by atomic mass is 10.2. The van der Waals surface area contributed by atoms with Crippen molar-refractivity contribution in [3.8, 4) is 5.75 Å². The van der Waals surface area contributed by atoms with Gasteiger partial charge in [-0.2, -0.15) is 0 Å². The van der Waals surface area contributed by atoms with Crippen molar-refractivity contribution in [2.45, 2.75) is 30.9 Å². The van der Waals surface area contributed by atoms with Crippen molar-refractivity contribution < 1.29 is 9.53 Å². The lowest BCUT2D eigenvalue weighted by Crippen LogP contribution is -2.16. The van der Waals surface area contributed by atoms with Gasteiger partial charge in [0.15, 0.2) is 0 Å². The van der Waals surface area contributed by atoms with Gasteiger partial charge in [-0.25, -0.2) is 0 Å². The number of amides is 1. The quantitative estimate of drug-likeness (QED) is 0.814. The molecule has 0 bridgehead atoms. The van der Waals surface area contributed by atoms with Crippen molar-refractivity contribution in [1.82, 2.24) is 0 Å². The molecule has 1 aromatic carbocycles. The maximum Gasteiger partial charge on any atom is 0.234 e. The van der Waals surface area contributed by atoms with Crippen LogP contribution in [-0.2, 0) is 4.79 Å². The van der Waals surface area contributed by atoms with Crippen LogP contribution < -0.4 is 15.8 Å². The first-order valence-electron chi connectivity index (χ1n) is 6.54. The van der Waals surface area contributed by atoms with Crippen LogP contribution in [-0.4, -0.2) is 24.0 Å². The van der Waals surface area contributed by atoms with Crippen molar-refractivity contribution in [3.05, 3.63) is 18.2 Å². The zero-order valence-electron chi connectivity index (χ0n) is 11.1. The number of anilines is 2. The summed E-state index contributed by atoms with van der Waals surface area (Å²) in [5, 5.41) is 3.50. The second-order valence-corrected chi connectivity index (χ2v) is 6.01. The Morgan fingerprint density at radius 2 is 2.21 bits per heavy atom. The van der Waals surface area contributed by atoms with E-state index < -0.39 is 0 Å². The Balaban J connectivity index is 1.84. The number of nitrogen functional groups attached to an aromatic ring is 1. The number of rotatable bonds is 5. The van der Waals surface area contributed by atoms with Gasteiger partial charge in [-0.15, -0.1) is 11.8 Å². The molecule has 5 heteroatoms. The smallest absolute Gasteiger partial charge is 0.234 e. The first kappa shape index (κ1) is 14.1. The van der Waals surface area contributed by atoms with Crippen molar-refractivity contribution in [2.24, 2.45) is 0 Å². The molecule has 2 rings (SSSR count). The molecule has 0 aromatic heterocycles. The monoisotopic (exact) mass is 280 g/mol. The largest absolute Gasteiger partial charge is 0.497 e. The number of carbonyl (C=O) groups excluding carboxylic acids is 1. The molecular weight excluding hydrogens is 260 g/mol. The van der Waals surface area contributed by atoms with E-state index in [1.54, 1.807) is 37.1 Å². The fraction of sp³-hybridized carbons (Fsp3) is 0.500. The van der Waals surface area contributed by atoms with Crippen LogP contribution in [0.1, 0.15) is 25.7 Å². The van der Waals surface area contributed by atoms with Crippen LogP contribution in [0.4, 0.5) is 11.4 Å². The van der Waals surface area contributed by atoms with Gasteiger partial charge >= 0.3 is 0 Å². The molecule has 19 heavy (non-hydrogen) atoms. The molecule has 1 aliphatic rings. The molecule has 104 valence electrons. The summed E-state index contributed by atoms with van der Waals surface area (Å²) in [6, 6.07) is 5.27. The molecule has 1 fully saturated rings. The van der Waals surface area contributed by atoms with E-state index >= 15 is 0 Å². The average Bonchev–Trinajstić information content (AvgIpc) is 2.92. The van der Waals surface area contributed by atoms with Crippen molar-refractivity contribution >= 4 is 29.0 Å². The van der Waals surface area contributed by atoms with E-state index in [2.05, 4.69) is 5.32 Å². The van der Waals surface area contributed by atoms with E-state index in [0.717, 1.165) is 0 Å². The normalized spacial score (nSPS) is 15.4. The fourth-order valence-corrected chi connectivity index (χ4v) is 3.34. The summed E-state index contributed by atoms with van der Waals surface area (Å²) in [6.45, 7) is 0. The first-order chi connectivity index (χ1) is 9.19. The number of methoxy groups -OCH3 is 1. The topological polar surface area (TPSA) is 64.3 Å². The highest BCUT2D eigenvalue weighted by Gasteiger charge is 2.17. The fourth-order valence-electron chi connectivity index (χ4n) is 2.22. The zero-order valence-corrected chi connectivity index (χ0v) is 12.0. The third-order valence-corrected chi connectivity index (χ3v) is 4.66. The summed E-state index contributed by atoms with van der Waals surface area (Å²) in [6.07, 6.45) is 5.07. The maximum atomic E-state index is 11.9. The number of nitrogens with two attached hydrogens (primary N) is 1. The Kier molecular flexibility index (Phi) is 4.96. The van der Waals surface area contributed by atoms with Gasteiger partial charge in [-0.05, 0) is 25.0 Å². The highest BCUT2D eigenvalue weighted by atomic mass is 32.2. The Hall–Kier alpha value is -1.36. The van der Waals surface area contributed by atoms with Crippen LogP contribution in [0, 0.1) is 0 Å².